The number of rotatable bonds is 16. The Morgan fingerprint density at radius 2 is 1.36 bits per heavy atom. The van der Waals surface area contributed by atoms with E-state index in [1.54, 1.807) is 6.26 Å². The number of unbranched alkanes of at least 4 members (excludes halogenated alkanes) is 9. The summed E-state index contributed by atoms with van der Waals surface area (Å²) in [6.07, 6.45) is 17.0. The molecule has 0 atom stereocenters. The summed E-state index contributed by atoms with van der Waals surface area (Å²) in [6.45, 7) is 15.5. The molecule has 4 heteroatoms. The number of carbonyl (C=O) groups is 1. The van der Waals surface area contributed by atoms with Crippen molar-refractivity contribution in [2.75, 3.05) is 5.75 Å². The van der Waals surface area contributed by atoms with Gasteiger partial charge < -0.3 is 4.43 Å². The molecular weight excluding hydrogens is 380 g/mol. The molecule has 0 aromatic rings. The molecule has 2 nitrogen and oxygen atoms in total. The van der Waals surface area contributed by atoms with Gasteiger partial charge in [-0.25, -0.2) is 0 Å². The highest BCUT2D eigenvalue weighted by Crippen LogP contribution is 2.37. The molecular formula is C24H48O2SSi. The van der Waals surface area contributed by atoms with Crippen molar-refractivity contribution in [3.05, 3.63) is 11.8 Å². The lowest BCUT2D eigenvalue weighted by atomic mass is 10.1. The van der Waals surface area contributed by atoms with E-state index in [-0.39, 0.29) is 10.2 Å². The molecule has 0 spiro atoms. The van der Waals surface area contributed by atoms with Gasteiger partial charge in [-0.2, -0.15) is 0 Å². The maximum Gasteiger partial charge on any atom is 0.249 e. The molecule has 0 saturated heterocycles. The fourth-order valence-electron chi connectivity index (χ4n) is 2.72. The molecule has 0 aromatic carbocycles. The van der Waals surface area contributed by atoms with Crippen LogP contribution in [-0.2, 0) is 9.22 Å². The van der Waals surface area contributed by atoms with Crippen LogP contribution in [0.2, 0.25) is 18.1 Å². The van der Waals surface area contributed by atoms with Gasteiger partial charge in [-0.15, -0.1) is 0 Å². The van der Waals surface area contributed by atoms with Gasteiger partial charge in [0.2, 0.25) is 13.4 Å². The predicted molar refractivity (Wildman–Crippen MR) is 131 cm³/mol. The second kappa shape index (κ2) is 15.6. The second-order valence-corrected chi connectivity index (χ2v) is 15.4. The summed E-state index contributed by atoms with van der Waals surface area (Å²) in [6, 6.07) is 0. The van der Waals surface area contributed by atoms with Crippen LogP contribution in [-0.4, -0.2) is 19.2 Å². The predicted octanol–water partition coefficient (Wildman–Crippen LogP) is 8.87. The number of carbonyl (C=O) groups excluding carboxylic acids is 1. The van der Waals surface area contributed by atoms with E-state index in [1.165, 1.54) is 69.5 Å². The summed E-state index contributed by atoms with van der Waals surface area (Å²) in [5, 5.41) is 0.379. The van der Waals surface area contributed by atoms with E-state index in [2.05, 4.69) is 47.7 Å². The zero-order valence-electron chi connectivity index (χ0n) is 20.0. The summed E-state index contributed by atoms with van der Waals surface area (Å²) < 4.78 is 6.18. The number of thioether (sulfide) groups is 1. The third-order valence-corrected chi connectivity index (χ3v) is 11.2. The Bertz CT molecular complexity index is 438. The summed E-state index contributed by atoms with van der Waals surface area (Å²) in [5.41, 5.74) is 0.865. The average Bonchev–Trinajstić information content (AvgIpc) is 2.62. The molecule has 0 amide bonds. The van der Waals surface area contributed by atoms with Gasteiger partial charge in [-0.3, -0.25) is 4.79 Å². The normalized spacial score (nSPS) is 13.0. The Balaban J connectivity index is 4.07. The van der Waals surface area contributed by atoms with Gasteiger partial charge in [0.15, 0.2) is 0 Å². The smallest absolute Gasteiger partial charge is 0.249 e. The van der Waals surface area contributed by atoms with Gasteiger partial charge in [0.25, 0.3) is 0 Å². The monoisotopic (exact) mass is 428 g/mol. The van der Waals surface area contributed by atoms with Crippen molar-refractivity contribution < 1.29 is 9.22 Å². The largest absolute Gasteiger partial charge is 0.549 e. The fraction of sp³-hybridized carbons (Fsp3) is 0.875. The lowest BCUT2D eigenvalue weighted by molar-refractivity contribution is -0.108. The Labute approximate surface area is 181 Å². The molecule has 0 aliphatic rings. The lowest BCUT2D eigenvalue weighted by Gasteiger charge is -2.35. The van der Waals surface area contributed by atoms with Crippen LogP contribution in [0.15, 0.2) is 11.8 Å². The minimum Gasteiger partial charge on any atom is -0.549 e. The van der Waals surface area contributed by atoms with Crippen molar-refractivity contribution in [2.45, 2.75) is 130 Å². The van der Waals surface area contributed by atoms with Crippen LogP contribution in [0.1, 0.15) is 112 Å². The van der Waals surface area contributed by atoms with E-state index in [0.717, 1.165) is 30.6 Å². The molecule has 0 aliphatic carbocycles. The van der Waals surface area contributed by atoms with Crippen molar-refractivity contribution in [1.82, 2.24) is 0 Å². The molecule has 0 saturated carbocycles. The van der Waals surface area contributed by atoms with Gasteiger partial charge in [0.05, 0.1) is 6.26 Å². The highest BCUT2D eigenvalue weighted by Gasteiger charge is 2.38. The van der Waals surface area contributed by atoms with E-state index in [4.69, 9.17) is 4.43 Å². The van der Waals surface area contributed by atoms with Crippen LogP contribution in [0.4, 0.5) is 0 Å². The van der Waals surface area contributed by atoms with Crippen molar-refractivity contribution in [3.63, 3.8) is 0 Å². The van der Waals surface area contributed by atoms with Crippen LogP contribution in [0.5, 0.6) is 0 Å². The maximum atomic E-state index is 12.6. The third-order valence-electron chi connectivity index (χ3n) is 5.81. The van der Waals surface area contributed by atoms with Crippen LogP contribution in [0, 0.1) is 0 Å². The summed E-state index contributed by atoms with van der Waals surface area (Å²) in [5.74, 6) is 0.941. The molecule has 0 radical (unpaired) electrons. The second-order valence-electron chi connectivity index (χ2n) is 9.59. The van der Waals surface area contributed by atoms with Gasteiger partial charge in [0, 0.05) is 11.3 Å². The third kappa shape index (κ3) is 13.1. The van der Waals surface area contributed by atoms with Crippen molar-refractivity contribution in [1.29, 1.82) is 0 Å². The Morgan fingerprint density at radius 1 is 0.857 bits per heavy atom. The van der Waals surface area contributed by atoms with Gasteiger partial charge in [-0.05, 0) is 31.0 Å². The van der Waals surface area contributed by atoms with Crippen molar-refractivity contribution in [2.24, 2.45) is 0 Å². The van der Waals surface area contributed by atoms with Gasteiger partial charge in [-0.1, -0.05) is 111 Å². The first kappa shape index (κ1) is 27.8. The standard InChI is InChI=1S/C24H48O2SSi/c1-8-10-11-12-13-14-15-16-17-18-20-27-23(25)22(19-9-2)21-26-28(6,7)24(3,4)5/h21H,8-20H2,1-7H3/b22-21-. The molecule has 0 heterocycles. The minimum atomic E-state index is -1.85. The molecule has 0 aliphatic heterocycles. The van der Waals surface area contributed by atoms with Crippen LogP contribution < -0.4 is 0 Å². The van der Waals surface area contributed by atoms with Crippen LogP contribution in [0.25, 0.3) is 0 Å². The summed E-state index contributed by atoms with van der Waals surface area (Å²) >= 11 is 1.49. The molecule has 0 fully saturated rings. The SMILES string of the molecule is CCCCCCCCCCCCSC(=O)/C(=C\O[Si](C)(C)C(C)(C)C)CCC. The van der Waals surface area contributed by atoms with E-state index in [0.29, 0.717) is 0 Å². The molecule has 0 rings (SSSR count). The van der Waals surface area contributed by atoms with E-state index >= 15 is 0 Å². The highest BCUT2D eigenvalue weighted by atomic mass is 32.2. The van der Waals surface area contributed by atoms with Crippen molar-refractivity contribution >= 4 is 25.2 Å². The fourth-order valence-corrected chi connectivity index (χ4v) is 4.38. The zero-order chi connectivity index (χ0) is 21.5. The number of hydrogen-bond acceptors (Lipinski definition) is 3. The lowest BCUT2D eigenvalue weighted by Crippen LogP contribution is -2.39. The summed E-state index contributed by atoms with van der Waals surface area (Å²) in [7, 11) is -1.85. The summed E-state index contributed by atoms with van der Waals surface area (Å²) in [4.78, 5) is 12.6. The Hall–Kier alpha value is -0.223. The molecule has 0 aromatic heterocycles. The quantitative estimate of drug-likeness (QED) is 0.106. The van der Waals surface area contributed by atoms with Gasteiger partial charge >= 0.3 is 0 Å². The molecule has 0 N–H and O–H groups in total. The van der Waals surface area contributed by atoms with Crippen LogP contribution >= 0.6 is 11.8 Å². The highest BCUT2D eigenvalue weighted by molar-refractivity contribution is 8.14. The minimum absolute atomic E-state index is 0.160. The molecule has 166 valence electrons. The average molecular weight is 429 g/mol. The van der Waals surface area contributed by atoms with Crippen LogP contribution in [0.3, 0.4) is 0 Å². The first-order valence-corrected chi connectivity index (χ1v) is 15.6. The zero-order valence-corrected chi connectivity index (χ0v) is 21.8. The first-order chi connectivity index (χ1) is 13.2. The maximum absolute atomic E-state index is 12.6. The first-order valence-electron chi connectivity index (χ1n) is 11.7. The van der Waals surface area contributed by atoms with E-state index in [1.807, 2.05) is 0 Å². The number of hydrogen-bond donors (Lipinski definition) is 0. The molecule has 0 unspecified atom stereocenters. The van der Waals surface area contributed by atoms with E-state index < -0.39 is 8.32 Å². The van der Waals surface area contributed by atoms with Gasteiger partial charge in [0.1, 0.15) is 0 Å². The molecule has 28 heavy (non-hydrogen) atoms. The van der Waals surface area contributed by atoms with Crippen molar-refractivity contribution in [3.8, 4) is 0 Å². The topological polar surface area (TPSA) is 26.3 Å². The molecule has 0 bridgehead atoms. The Kier molecular flexibility index (Phi) is 15.5. The Morgan fingerprint density at radius 3 is 1.82 bits per heavy atom. The van der Waals surface area contributed by atoms with E-state index in [9.17, 15) is 4.79 Å².